The molecule has 6 nitrogen and oxygen atoms in total. The predicted octanol–water partition coefficient (Wildman–Crippen LogP) is 4.25. The van der Waals surface area contributed by atoms with Crippen LogP contribution >= 0.6 is 11.8 Å². The van der Waals surface area contributed by atoms with Gasteiger partial charge in [-0.2, -0.15) is 0 Å². The zero-order valence-electron chi connectivity index (χ0n) is 15.3. The zero-order chi connectivity index (χ0) is 19.1. The fourth-order valence-electron chi connectivity index (χ4n) is 2.47. The summed E-state index contributed by atoms with van der Waals surface area (Å²) in [6.45, 7) is 4.24. The Bertz CT molecular complexity index is 911. The number of anilines is 1. The molecule has 2 aromatic carbocycles. The molecule has 1 aromatic heterocycles. The quantitative estimate of drug-likeness (QED) is 0.586. The fourth-order valence-corrected chi connectivity index (χ4v) is 3.05. The molecular formula is C20H21N3O3S. The van der Waals surface area contributed by atoms with E-state index in [1.54, 1.807) is 0 Å². The molecule has 27 heavy (non-hydrogen) atoms. The Labute approximate surface area is 162 Å². The van der Waals surface area contributed by atoms with Crippen molar-refractivity contribution in [1.82, 2.24) is 10.2 Å². The Hall–Kier alpha value is -2.80. The van der Waals surface area contributed by atoms with Crippen molar-refractivity contribution < 1.29 is 13.9 Å². The Morgan fingerprint density at radius 2 is 2.04 bits per heavy atom. The van der Waals surface area contributed by atoms with Crippen LogP contribution in [-0.2, 0) is 17.8 Å². The van der Waals surface area contributed by atoms with E-state index in [4.69, 9.17) is 9.15 Å². The van der Waals surface area contributed by atoms with Crippen molar-refractivity contribution >= 4 is 23.4 Å². The van der Waals surface area contributed by atoms with Crippen molar-refractivity contribution in [2.75, 3.05) is 11.1 Å². The summed E-state index contributed by atoms with van der Waals surface area (Å²) in [5.74, 6) is 1.20. The van der Waals surface area contributed by atoms with Crippen LogP contribution in [0.3, 0.4) is 0 Å². The molecule has 1 N–H and O–H groups in total. The molecule has 3 rings (SSSR count). The smallest absolute Gasteiger partial charge is 0.277 e. The van der Waals surface area contributed by atoms with Crippen LogP contribution in [0.25, 0.3) is 0 Å². The molecule has 3 aromatic rings. The minimum atomic E-state index is -0.114. The van der Waals surface area contributed by atoms with Gasteiger partial charge in [-0.1, -0.05) is 49.0 Å². The zero-order valence-corrected chi connectivity index (χ0v) is 16.1. The van der Waals surface area contributed by atoms with Gasteiger partial charge in [0, 0.05) is 5.69 Å². The second kappa shape index (κ2) is 9.23. The maximum Gasteiger partial charge on any atom is 0.277 e. The lowest BCUT2D eigenvalue weighted by Crippen LogP contribution is -2.15. The van der Waals surface area contributed by atoms with Gasteiger partial charge in [0.05, 0.1) is 5.75 Å². The van der Waals surface area contributed by atoms with Crippen LogP contribution in [0.2, 0.25) is 0 Å². The number of hydrogen-bond donors (Lipinski definition) is 1. The second-order valence-corrected chi connectivity index (χ2v) is 6.84. The molecular weight excluding hydrogens is 362 g/mol. The number of benzene rings is 2. The van der Waals surface area contributed by atoms with Crippen molar-refractivity contribution in [3.05, 3.63) is 65.5 Å². The highest BCUT2D eigenvalue weighted by Gasteiger charge is 2.11. The monoisotopic (exact) mass is 383 g/mol. The van der Waals surface area contributed by atoms with Crippen LogP contribution in [-0.4, -0.2) is 21.9 Å². The van der Waals surface area contributed by atoms with Crippen LogP contribution in [0.15, 0.2) is 58.2 Å². The van der Waals surface area contributed by atoms with E-state index < -0.39 is 0 Å². The molecule has 1 heterocycles. The van der Waals surface area contributed by atoms with Crippen molar-refractivity contribution in [3.63, 3.8) is 0 Å². The standard InChI is InChI=1S/C20H21N3O3S/c1-3-15-8-4-5-10-17(15)21-18(24)13-27-20-23-22-19(26-20)12-25-16-9-6-7-14(2)11-16/h4-11H,3,12-13H2,1-2H3,(H,21,24). The minimum Gasteiger partial charge on any atom is -0.484 e. The first-order valence-corrected chi connectivity index (χ1v) is 9.65. The van der Waals surface area contributed by atoms with Crippen LogP contribution < -0.4 is 10.1 Å². The number of para-hydroxylation sites is 1. The van der Waals surface area contributed by atoms with Crippen molar-refractivity contribution in [2.45, 2.75) is 32.1 Å². The maximum atomic E-state index is 12.2. The van der Waals surface area contributed by atoms with Gasteiger partial charge in [0.25, 0.3) is 11.1 Å². The maximum absolute atomic E-state index is 12.2. The van der Waals surface area contributed by atoms with Crippen LogP contribution in [0.1, 0.15) is 23.9 Å². The van der Waals surface area contributed by atoms with E-state index in [-0.39, 0.29) is 18.3 Å². The lowest BCUT2D eigenvalue weighted by Gasteiger charge is -2.08. The topological polar surface area (TPSA) is 77.2 Å². The summed E-state index contributed by atoms with van der Waals surface area (Å²) in [4.78, 5) is 12.2. The Morgan fingerprint density at radius 3 is 2.85 bits per heavy atom. The molecule has 0 aliphatic carbocycles. The molecule has 0 spiro atoms. The summed E-state index contributed by atoms with van der Waals surface area (Å²) in [7, 11) is 0. The first-order chi connectivity index (χ1) is 13.1. The van der Waals surface area contributed by atoms with Gasteiger partial charge in [-0.3, -0.25) is 4.79 Å². The summed E-state index contributed by atoms with van der Waals surface area (Å²) >= 11 is 1.20. The van der Waals surface area contributed by atoms with Gasteiger partial charge in [0.15, 0.2) is 6.61 Å². The van der Waals surface area contributed by atoms with E-state index in [1.165, 1.54) is 11.8 Å². The van der Waals surface area contributed by atoms with Gasteiger partial charge in [-0.25, -0.2) is 0 Å². The largest absolute Gasteiger partial charge is 0.484 e. The molecule has 0 unspecified atom stereocenters. The number of carbonyl (C=O) groups excluding carboxylic acids is 1. The SMILES string of the molecule is CCc1ccccc1NC(=O)CSc1nnc(COc2cccc(C)c2)o1. The first-order valence-electron chi connectivity index (χ1n) is 8.66. The highest BCUT2D eigenvalue weighted by molar-refractivity contribution is 7.99. The van der Waals surface area contributed by atoms with Crippen molar-refractivity contribution in [2.24, 2.45) is 0 Å². The second-order valence-electron chi connectivity index (χ2n) is 5.91. The summed E-state index contributed by atoms with van der Waals surface area (Å²) in [5, 5.41) is 11.2. The van der Waals surface area contributed by atoms with Gasteiger partial charge < -0.3 is 14.5 Å². The third kappa shape index (κ3) is 5.59. The first kappa shape index (κ1) is 19.0. The van der Waals surface area contributed by atoms with Crippen LogP contribution in [0.5, 0.6) is 5.75 Å². The Balaban J connectivity index is 1.48. The van der Waals surface area contributed by atoms with Gasteiger partial charge in [0.2, 0.25) is 5.91 Å². The minimum absolute atomic E-state index is 0.114. The number of nitrogens with zero attached hydrogens (tertiary/aromatic N) is 2. The molecule has 140 valence electrons. The number of hydrogen-bond acceptors (Lipinski definition) is 6. The number of amides is 1. The molecule has 0 bridgehead atoms. The normalized spacial score (nSPS) is 10.6. The summed E-state index contributed by atoms with van der Waals surface area (Å²) in [5.41, 5.74) is 3.05. The highest BCUT2D eigenvalue weighted by atomic mass is 32.2. The molecule has 0 saturated carbocycles. The molecule has 0 radical (unpaired) electrons. The number of ether oxygens (including phenoxy) is 1. The summed E-state index contributed by atoms with van der Waals surface area (Å²) < 4.78 is 11.1. The third-order valence-corrected chi connectivity index (χ3v) is 4.62. The Morgan fingerprint density at radius 1 is 1.19 bits per heavy atom. The highest BCUT2D eigenvalue weighted by Crippen LogP contribution is 2.20. The Kier molecular flexibility index (Phi) is 6.49. The van der Waals surface area contributed by atoms with E-state index in [9.17, 15) is 4.79 Å². The number of rotatable bonds is 8. The van der Waals surface area contributed by atoms with Gasteiger partial charge in [-0.15, -0.1) is 10.2 Å². The average Bonchev–Trinajstić information content (AvgIpc) is 3.13. The molecule has 0 fully saturated rings. The van der Waals surface area contributed by atoms with Gasteiger partial charge >= 0.3 is 0 Å². The van der Waals surface area contributed by atoms with E-state index in [0.29, 0.717) is 11.1 Å². The lowest BCUT2D eigenvalue weighted by molar-refractivity contribution is -0.113. The van der Waals surface area contributed by atoms with Crippen LogP contribution in [0, 0.1) is 6.92 Å². The average molecular weight is 383 g/mol. The molecule has 7 heteroatoms. The van der Waals surface area contributed by atoms with E-state index in [2.05, 4.69) is 22.4 Å². The number of carbonyl (C=O) groups is 1. The number of aryl methyl sites for hydroxylation is 2. The fraction of sp³-hybridized carbons (Fsp3) is 0.250. The predicted molar refractivity (Wildman–Crippen MR) is 105 cm³/mol. The molecule has 1 amide bonds. The number of thioether (sulfide) groups is 1. The molecule has 0 aliphatic heterocycles. The van der Waals surface area contributed by atoms with Crippen LogP contribution in [0.4, 0.5) is 5.69 Å². The third-order valence-electron chi connectivity index (χ3n) is 3.80. The van der Waals surface area contributed by atoms with Gasteiger partial charge in [0.1, 0.15) is 5.75 Å². The lowest BCUT2D eigenvalue weighted by atomic mass is 10.1. The van der Waals surface area contributed by atoms with E-state index in [1.807, 2.05) is 55.5 Å². The van der Waals surface area contributed by atoms with Crippen molar-refractivity contribution in [3.8, 4) is 5.75 Å². The molecule has 0 aliphatic rings. The van der Waals surface area contributed by atoms with E-state index >= 15 is 0 Å². The molecule has 0 saturated heterocycles. The van der Waals surface area contributed by atoms with Crippen molar-refractivity contribution in [1.29, 1.82) is 0 Å². The summed E-state index contributed by atoms with van der Waals surface area (Å²) in [6, 6.07) is 15.5. The summed E-state index contributed by atoms with van der Waals surface area (Å²) in [6.07, 6.45) is 0.859. The number of nitrogens with one attached hydrogen (secondary N) is 1. The van der Waals surface area contributed by atoms with E-state index in [0.717, 1.165) is 29.0 Å². The molecule has 0 atom stereocenters. The number of aromatic nitrogens is 2. The van der Waals surface area contributed by atoms with Gasteiger partial charge in [-0.05, 0) is 42.7 Å².